The van der Waals surface area contributed by atoms with E-state index in [1.807, 2.05) is 22.1 Å². The van der Waals surface area contributed by atoms with E-state index in [9.17, 15) is 4.39 Å². The van der Waals surface area contributed by atoms with E-state index in [1.165, 1.54) is 10.9 Å². The lowest BCUT2D eigenvalue weighted by Crippen LogP contribution is -2.05. The fourth-order valence-electron chi connectivity index (χ4n) is 2.19. The number of fused-ring (bicyclic) bond motifs is 1. The molecule has 2 nitrogen and oxygen atoms in total. The number of halogens is 3. The van der Waals surface area contributed by atoms with Crippen LogP contribution in [0.25, 0.3) is 11.0 Å². The van der Waals surface area contributed by atoms with E-state index >= 15 is 0 Å². The molecule has 20 heavy (non-hydrogen) atoms. The molecule has 0 amide bonds. The number of nitrogens with zero attached hydrogens (tertiary/aromatic N) is 2. The Labute approximate surface area is 133 Å². The van der Waals surface area contributed by atoms with E-state index in [4.69, 9.17) is 11.6 Å². The smallest absolute Gasteiger partial charge is 0.151 e. The number of benzene rings is 1. The second-order valence-corrected chi connectivity index (χ2v) is 6.59. The number of alkyl halides is 1. The fourth-order valence-corrected chi connectivity index (χ4v) is 3.83. The van der Waals surface area contributed by atoms with Crippen LogP contribution in [-0.4, -0.2) is 15.4 Å². The van der Waals surface area contributed by atoms with Crippen molar-refractivity contribution in [2.45, 2.75) is 13.0 Å². The zero-order valence-electron chi connectivity index (χ0n) is 10.4. The van der Waals surface area contributed by atoms with Gasteiger partial charge in [-0.25, -0.2) is 9.37 Å². The molecule has 0 fully saturated rings. The predicted octanol–water partition coefficient (Wildman–Crippen LogP) is 4.83. The summed E-state index contributed by atoms with van der Waals surface area (Å²) in [4.78, 5) is 5.59. The van der Waals surface area contributed by atoms with Crippen LogP contribution < -0.4 is 0 Å². The van der Waals surface area contributed by atoms with Gasteiger partial charge in [0.05, 0.1) is 12.1 Å². The molecule has 0 saturated heterocycles. The molecule has 0 saturated carbocycles. The minimum absolute atomic E-state index is 0.290. The van der Waals surface area contributed by atoms with Gasteiger partial charge >= 0.3 is 0 Å². The Morgan fingerprint density at radius 2 is 2.20 bits per heavy atom. The summed E-state index contributed by atoms with van der Waals surface area (Å²) >= 11 is 11.0. The van der Waals surface area contributed by atoms with Crippen LogP contribution in [0.1, 0.15) is 10.7 Å². The maximum Gasteiger partial charge on any atom is 0.151 e. The van der Waals surface area contributed by atoms with Gasteiger partial charge < -0.3 is 4.57 Å². The maximum atomic E-state index is 13.9. The summed E-state index contributed by atoms with van der Waals surface area (Å²) in [6, 6.07) is 7.06. The topological polar surface area (TPSA) is 17.8 Å². The molecule has 0 N–H and O–H groups in total. The van der Waals surface area contributed by atoms with Crippen LogP contribution in [0.2, 0.25) is 0 Å². The first-order valence-electron chi connectivity index (χ1n) is 6.12. The normalized spacial score (nSPS) is 11.3. The lowest BCUT2D eigenvalue weighted by molar-refractivity contribution is 0.637. The van der Waals surface area contributed by atoms with Gasteiger partial charge in [-0.15, -0.1) is 22.9 Å². The number of hydrogen-bond donors (Lipinski definition) is 0. The predicted molar refractivity (Wildman–Crippen MR) is 85.2 cm³/mol. The molecule has 0 aliphatic carbocycles. The Kier molecular flexibility index (Phi) is 4.10. The average molecular weight is 374 g/mol. The number of para-hydroxylation sites is 1. The molecular formula is C14H11BrClFN2S. The van der Waals surface area contributed by atoms with Crippen molar-refractivity contribution in [2.75, 3.05) is 5.88 Å². The highest BCUT2D eigenvalue weighted by Crippen LogP contribution is 2.27. The summed E-state index contributed by atoms with van der Waals surface area (Å²) in [6.07, 6.45) is 0.624. The van der Waals surface area contributed by atoms with E-state index in [2.05, 4.69) is 20.9 Å². The quantitative estimate of drug-likeness (QED) is 0.599. The van der Waals surface area contributed by atoms with E-state index in [0.29, 0.717) is 24.4 Å². The van der Waals surface area contributed by atoms with E-state index in [0.717, 1.165) is 15.8 Å². The molecule has 0 unspecified atom stereocenters. The highest BCUT2D eigenvalue weighted by atomic mass is 79.9. The van der Waals surface area contributed by atoms with E-state index in [1.54, 1.807) is 17.4 Å². The van der Waals surface area contributed by atoms with Crippen molar-refractivity contribution in [3.63, 3.8) is 0 Å². The molecule has 0 bridgehead atoms. The Morgan fingerprint density at radius 1 is 1.35 bits per heavy atom. The zero-order chi connectivity index (χ0) is 14.1. The third-order valence-electron chi connectivity index (χ3n) is 3.12. The molecule has 1 aromatic carbocycles. The fraction of sp³-hybridized carbons (Fsp3) is 0.214. The van der Waals surface area contributed by atoms with E-state index < -0.39 is 0 Å². The molecule has 104 valence electrons. The molecule has 0 aliphatic rings. The van der Waals surface area contributed by atoms with Crippen molar-refractivity contribution in [3.05, 3.63) is 50.6 Å². The monoisotopic (exact) mass is 372 g/mol. The summed E-state index contributed by atoms with van der Waals surface area (Å²) in [5.41, 5.74) is 1.23. The number of rotatable bonds is 4. The molecule has 6 heteroatoms. The number of thiophene rings is 1. The van der Waals surface area contributed by atoms with Crippen LogP contribution in [-0.2, 0) is 13.0 Å². The Bertz CT molecular complexity index is 753. The van der Waals surface area contributed by atoms with Crippen molar-refractivity contribution in [1.82, 2.24) is 9.55 Å². The van der Waals surface area contributed by atoms with Crippen LogP contribution in [0.3, 0.4) is 0 Å². The molecule has 0 atom stereocenters. The molecule has 3 rings (SSSR count). The highest BCUT2D eigenvalue weighted by Gasteiger charge is 2.14. The largest absolute Gasteiger partial charge is 0.322 e. The average Bonchev–Trinajstić information content (AvgIpc) is 2.98. The van der Waals surface area contributed by atoms with Crippen molar-refractivity contribution >= 4 is 49.9 Å². The molecule has 2 aromatic heterocycles. The highest BCUT2D eigenvalue weighted by molar-refractivity contribution is 9.10. The number of aromatic nitrogens is 2. The molecule has 0 aliphatic heterocycles. The Morgan fingerprint density at radius 3 is 2.90 bits per heavy atom. The van der Waals surface area contributed by atoms with Crippen LogP contribution in [0.5, 0.6) is 0 Å². The SMILES string of the molecule is Fc1cccc2c1nc(CCCl)n2Cc1sccc1Br. The van der Waals surface area contributed by atoms with Gasteiger partial charge in [-0.05, 0) is 39.5 Å². The first-order valence-corrected chi connectivity index (χ1v) is 8.33. The summed E-state index contributed by atoms with van der Waals surface area (Å²) in [7, 11) is 0. The first-order chi connectivity index (χ1) is 9.70. The van der Waals surface area contributed by atoms with Gasteiger partial charge in [0.15, 0.2) is 5.82 Å². The second kappa shape index (κ2) is 5.84. The number of hydrogen-bond acceptors (Lipinski definition) is 2. The van der Waals surface area contributed by atoms with Gasteiger partial charge in [-0.1, -0.05) is 6.07 Å². The third kappa shape index (κ3) is 2.50. The van der Waals surface area contributed by atoms with E-state index in [-0.39, 0.29) is 5.82 Å². The molecule has 0 radical (unpaired) electrons. The number of imidazole rings is 1. The minimum atomic E-state index is -0.290. The third-order valence-corrected chi connectivity index (χ3v) is 5.22. The zero-order valence-corrected chi connectivity index (χ0v) is 13.6. The van der Waals surface area contributed by atoms with Crippen LogP contribution in [0.15, 0.2) is 34.1 Å². The lowest BCUT2D eigenvalue weighted by atomic mass is 10.3. The summed E-state index contributed by atoms with van der Waals surface area (Å²) in [5.74, 6) is 0.999. The number of aryl methyl sites for hydroxylation is 1. The molecule has 2 heterocycles. The molecule has 3 aromatic rings. The summed E-state index contributed by atoms with van der Waals surface area (Å²) < 4.78 is 17.0. The van der Waals surface area contributed by atoms with Gasteiger partial charge in [-0.3, -0.25) is 0 Å². The van der Waals surface area contributed by atoms with Gasteiger partial charge in [-0.2, -0.15) is 0 Å². The Hall–Kier alpha value is -0.910. The van der Waals surface area contributed by atoms with Gasteiger partial charge in [0.25, 0.3) is 0 Å². The van der Waals surface area contributed by atoms with Crippen molar-refractivity contribution in [3.8, 4) is 0 Å². The summed E-state index contributed by atoms with van der Waals surface area (Å²) in [5, 5.41) is 2.03. The Balaban J connectivity index is 2.14. The standard InChI is InChI=1S/C14H11BrClFN2S/c15-9-5-7-20-12(9)8-19-11-3-1-2-10(17)14(11)18-13(19)4-6-16/h1-3,5,7H,4,6,8H2. The van der Waals surface area contributed by atoms with Gasteiger partial charge in [0.2, 0.25) is 0 Å². The van der Waals surface area contributed by atoms with Crippen molar-refractivity contribution in [2.24, 2.45) is 0 Å². The minimum Gasteiger partial charge on any atom is -0.322 e. The summed E-state index contributed by atoms with van der Waals surface area (Å²) in [6.45, 7) is 0.671. The van der Waals surface area contributed by atoms with Crippen LogP contribution in [0.4, 0.5) is 4.39 Å². The molecule has 0 spiro atoms. The molecular weight excluding hydrogens is 363 g/mol. The van der Waals surface area contributed by atoms with Gasteiger partial charge in [0, 0.05) is 21.7 Å². The van der Waals surface area contributed by atoms with Crippen LogP contribution in [0, 0.1) is 5.82 Å². The maximum absolute atomic E-state index is 13.9. The lowest BCUT2D eigenvalue weighted by Gasteiger charge is -2.07. The van der Waals surface area contributed by atoms with Crippen molar-refractivity contribution < 1.29 is 4.39 Å². The van der Waals surface area contributed by atoms with Gasteiger partial charge in [0.1, 0.15) is 11.3 Å². The second-order valence-electron chi connectivity index (χ2n) is 4.35. The van der Waals surface area contributed by atoms with Crippen molar-refractivity contribution in [1.29, 1.82) is 0 Å². The first kappa shape index (κ1) is 14.0. The van der Waals surface area contributed by atoms with Crippen LogP contribution >= 0.6 is 38.9 Å².